The van der Waals surface area contributed by atoms with Gasteiger partial charge >= 0.3 is 0 Å². The number of nitrogens with one attached hydrogen (secondary N) is 2. The molecule has 0 saturated carbocycles. The first-order valence-corrected chi connectivity index (χ1v) is 6.74. The summed E-state index contributed by atoms with van der Waals surface area (Å²) in [5, 5.41) is 6.23. The second kappa shape index (κ2) is 6.97. The molecule has 1 amide bonds. The number of carbonyl (C=O) groups excluding carboxylic acids is 1. The Hall–Kier alpha value is -0.610. The van der Waals surface area contributed by atoms with Crippen molar-refractivity contribution in [3.05, 3.63) is 0 Å². The molecule has 0 bridgehead atoms. The molecule has 1 saturated heterocycles. The summed E-state index contributed by atoms with van der Waals surface area (Å²) in [6, 6.07) is 0.509. The quantitative estimate of drug-likeness (QED) is 0.724. The molecule has 2 N–H and O–H groups in total. The van der Waals surface area contributed by atoms with Gasteiger partial charge in [-0.25, -0.2) is 0 Å². The number of carbonyl (C=O) groups is 1. The molecule has 0 aromatic carbocycles. The molecule has 0 aliphatic carbocycles. The minimum atomic E-state index is -0.00500. The highest BCUT2D eigenvalue weighted by atomic mass is 16.2. The van der Waals surface area contributed by atoms with Crippen molar-refractivity contribution in [3.63, 3.8) is 0 Å². The van der Waals surface area contributed by atoms with Gasteiger partial charge in [-0.1, -0.05) is 13.8 Å². The second-order valence-corrected chi connectivity index (χ2v) is 5.41. The Bertz CT molecular complexity index is 243. The molecular formula is C13H27N3O. The van der Waals surface area contributed by atoms with Gasteiger partial charge in [-0.05, 0) is 39.3 Å². The van der Waals surface area contributed by atoms with E-state index < -0.39 is 0 Å². The van der Waals surface area contributed by atoms with Crippen molar-refractivity contribution in [2.24, 2.45) is 5.92 Å². The standard InChI is InChI=1S/C13H27N3O/c1-10(2)8-15-13(17)11(3)16-7-5-6-12(16)9-14-4/h10-12,14H,5-9H2,1-4H3,(H,15,17). The van der Waals surface area contributed by atoms with Gasteiger partial charge in [0, 0.05) is 19.1 Å². The van der Waals surface area contributed by atoms with Crippen LogP contribution in [-0.4, -0.2) is 49.6 Å². The number of hydrogen-bond acceptors (Lipinski definition) is 3. The van der Waals surface area contributed by atoms with E-state index in [-0.39, 0.29) is 11.9 Å². The van der Waals surface area contributed by atoms with Gasteiger partial charge < -0.3 is 10.6 Å². The van der Waals surface area contributed by atoms with Crippen LogP contribution in [0.25, 0.3) is 0 Å². The third kappa shape index (κ3) is 4.28. The van der Waals surface area contributed by atoms with E-state index in [1.54, 1.807) is 0 Å². The highest BCUT2D eigenvalue weighted by Crippen LogP contribution is 2.19. The summed E-state index contributed by atoms with van der Waals surface area (Å²) >= 11 is 0. The first kappa shape index (κ1) is 14.5. The molecule has 0 aromatic heterocycles. The fourth-order valence-electron chi connectivity index (χ4n) is 2.43. The number of nitrogens with zero attached hydrogens (tertiary/aromatic N) is 1. The molecule has 17 heavy (non-hydrogen) atoms. The molecule has 1 heterocycles. The van der Waals surface area contributed by atoms with Gasteiger partial charge in [-0.15, -0.1) is 0 Å². The van der Waals surface area contributed by atoms with Crippen LogP contribution >= 0.6 is 0 Å². The molecule has 1 rings (SSSR count). The van der Waals surface area contributed by atoms with Crippen LogP contribution in [0.3, 0.4) is 0 Å². The van der Waals surface area contributed by atoms with E-state index in [1.165, 1.54) is 12.8 Å². The van der Waals surface area contributed by atoms with E-state index in [2.05, 4.69) is 29.4 Å². The zero-order chi connectivity index (χ0) is 12.8. The predicted molar refractivity (Wildman–Crippen MR) is 71.0 cm³/mol. The number of hydrogen-bond donors (Lipinski definition) is 2. The van der Waals surface area contributed by atoms with E-state index in [0.717, 1.165) is 19.6 Å². The average molecular weight is 241 g/mol. The third-order valence-electron chi connectivity index (χ3n) is 3.42. The molecule has 2 atom stereocenters. The van der Waals surface area contributed by atoms with E-state index in [4.69, 9.17) is 0 Å². The van der Waals surface area contributed by atoms with Crippen molar-refractivity contribution < 1.29 is 4.79 Å². The van der Waals surface area contributed by atoms with Gasteiger partial charge in [0.05, 0.1) is 6.04 Å². The molecule has 1 aliphatic rings. The van der Waals surface area contributed by atoms with Crippen LogP contribution < -0.4 is 10.6 Å². The Balaban J connectivity index is 2.44. The summed E-state index contributed by atoms with van der Waals surface area (Å²) < 4.78 is 0. The molecule has 0 spiro atoms. The van der Waals surface area contributed by atoms with Crippen LogP contribution in [0.1, 0.15) is 33.6 Å². The summed E-state index contributed by atoms with van der Waals surface area (Å²) in [4.78, 5) is 14.3. The van der Waals surface area contributed by atoms with Gasteiger partial charge in [0.15, 0.2) is 0 Å². The Morgan fingerprint density at radius 2 is 2.12 bits per heavy atom. The lowest BCUT2D eigenvalue weighted by molar-refractivity contribution is -0.126. The van der Waals surface area contributed by atoms with Crippen molar-refractivity contribution in [1.29, 1.82) is 0 Å². The minimum absolute atomic E-state index is 0.00500. The molecule has 4 nitrogen and oxygen atoms in total. The lowest BCUT2D eigenvalue weighted by Crippen LogP contribution is -2.50. The molecule has 1 fully saturated rings. The Morgan fingerprint density at radius 3 is 2.71 bits per heavy atom. The van der Waals surface area contributed by atoms with E-state index in [1.807, 2.05) is 14.0 Å². The summed E-state index contributed by atoms with van der Waals surface area (Å²) in [6.45, 7) is 9.04. The van der Waals surface area contributed by atoms with Gasteiger partial charge in [-0.3, -0.25) is 9.69 Å². The van der Waals surface area contributed by atoms with Crippen LogP contribution in [-0.2, 0) is 4.79 Å². The van der Waals surface area contributed by atoms with Crippen molar-refractivity contribution in [2.75, 3.05) is 26.7 Å². The fraction of sp³-hybridized carbons (Fsp3) is 0.923. The average Bonchev–Trinajstić information content (AvgIpc) is 2.73. The van der Waals surface area contributed by atoms with Crippen molar-refractivity contribution in [3.8, 4) is 0 Å². The molecule has 100 valence electrons. The second-order valence-electron chi connectivity index (χ2n) is 5.41. The first-order chi connectivity index (χ1) is 8.06. The van der Waals surface area contributed by atoms with Crippen LogP contribution in [0, 0.1) is 5.92 Å². The van der Waals surface area contributed by atoms with Gasteiger partial charge in [0.25, 0.3) is 0 Å². The normalized spacial score (nSPS) is 23.0. The third-order valence-corrected chi connectivity index (χ3v) is 3.42. The summed E-state index contributed by atoms with van der Waals surface area (Å²) in [5.74, 6) is 0.680. The topological polar surface area (TPSA) is 44.4 Å². The zero-order valence-electron chi connectivity index (χ0n) is 11.6. The van der Waals surface area contributed by atoms with E-state index in [9.17, 15) is 4.79 Å². The SMILES string of the molecule is CNCC1CCCN1C(C)C(=O)NCC(C)C. The maximum Gasteiger partial charge on any atom is 0.237 e. The highest BCUT2D eigenvalue weighted by Gasteiger charge is 2.31. The molecule has 1 aliphatic heterocycles. The predicted octanol–water partition coefficient (Wildman–Crippen LogP) is 0.831. The molecule has 4 heteroatoms. The Morgan fingerprint density at radius 1 is 1.41 bits per heavy atom. The maximum absolute atomic E-state index is 12.0. The van der Waals surface area contributed by atoms with Crippen molar-refractivity contribution in [1.82, 2.24) is 15.5 Å². The Labute approximate surface area is 105 Å². The first-order valence-electron chi connectivity index (χ1n) is 6.74. The number of likely N-dealkylation sites (N-methyl/N-ethyl adjacent to an activating group) is 1. The van der Waals surface area contributed by atoms with E-state index >= 15 is 0 Å². The molecule has 0 radical (unpaired) electrons. The van der Waals surface area contributed by atoms with Crippen molar-refractivity contribution in [2.45, 2.75) is 45.7 Å². The number of rotatable bonds is 6. The lowest BCUT2D eigenvalue weighted by Gasteiger charge is -2.29. The summed E-state index contributed by atoms with van der Waals surface area (Å²) in [7, 11) is 1.97. The minimum Gasteiger partial charge on any atom is -0.354 e. The smallest absolute Gasteiger partial charge is 0.237 e. The molecule has 0 aromatic rings. The monoisotopic (exact) mass is 241 g/mol. The van der Waals surface area contributed by atoms with E-state index in [0.29, 0.717) is 12.0 Å². The van der Waals surface area contributed by atoms with Crippen LogP contribution in [0.15, 0.2) is 0 Å². The molecule has 2 unspecified atom stereocenters. The maximum atomic E-state index is 12.0. The Kier molecular flexibility index (Phi) is 5.92. The molecular weight excluding hydrogens is 214 g/mol. The van der Waals surface area contributed by atoms with Crippen LogP contribution in [0.4, 0.5) is 0 Å². The number of amides is 1. The lowest BCUT2D eigenvalue weighted by atomic mass is 10.1. The zero-order valence-corrected chi connectivity index (χ0v) is 11.6. The van der Waals surface area contributed by atoms with Gasteiger partial charge in [-0.2, -0.15) is 0 Å². The fourth-order valence-corrected chi connectivity index (χ4v) is 2.43. The van der Waals surface area contributed by atoms with Crippen molar-refractivity contribution >= 4 is 5.91 Å². The summed E-state index contributed by atoms with van der Waals surface area (Å²) in [5.41, 5.74) is 0. The van der Waals surface area contributed by atoms with Gasteiger partial charge in [0.2, 0.25) is 5.91 Å². The highest BCUT2D eigenvalue weighted by molar-refractivity contribution is 5.81. The largest absolute Gasteiger partial charge is 0.354 e. The van der Waals surface area contributed by atoms with Crippen LogP contribution in [0.5, 0.6) is 0 Å². The van der Waals surface area contributed by atoms with Gasteiger partial charge in [0.1, 0.15) is 0 Å². The summed E-state index contributed by atoms with van der Waals surface area (Å²) in [6.07, 6.45) is 2.40. The number of likely N-dealkylation sites (tertiary alicyclic amines) is 1. The van der Waals surface area contributed by atoms with Crippen LogP contribution in [0.2, 0.25) is 0 Å².